The van der Waals surface area contributed by atoms with Gasteiger partial charge in [0.2, 0.25) is 0 Å². The summed E-state index contributed by atoms with van der Waals surface area (Å²) < 4.78 is 5.72. The van der Waals surface area contributed by atoms with Crippen LogP contribution in [0.3, 0.4) is 0 Å². The molecule has 1 atom stereocenters. The highest BCUT2D eigenvalue weighted by Crippen LogP contribution is 2.42. The lowest BCUT2D eigenvalue weighted by atomic mass is 9.96. The maximum absolute atomic E-state index is 13.3. The quantitative estimate of drug-likeness (QED) is 0.266. The zero-order valence-electron chi connectivity index (χ0n) is 20.4. The fraction of sp³-hybridized carbons (Fsp3) is 0.276. The summed E-state index contributed by atoms with van der Waals surface area (Å²) in [6, 6.07) is 17.2. The lowest BCUT2D eigenvalue weighted by molar-refractivity contribution is -0.132. The summed E-state index contributed by atoms with van der Waals surface area (Å²) in [5.41, 5.74) is 2.82. The van der Waals surface area contributed by atoms with Gasteiger partial charge in [0.15, 0.2) is 0 Å². The van der Waals surface area contributed by atoms with Crippen LogP contribution in [-0.2, 0) is 9.59 Å². The molecule has 2 aromatic carbocycles. The van der Waals surface area contributed by atoms with Gasteiger partial charge in [0.25, 0.3) is 11.7 Å². The van der Waals surface area contributed by atoms with Gasteiger partial charge in [-0.15, -0.1) is 0 Å². The van der Waals surface area contributed by atoms with Crippen molar-refractivity contribution in [2.75, 3.05) is 11.5 Å². The fourth-order valence-electron chi connectivity index (χ4n) is 4.10. The molecule has 1 unspecified atom stereocenters. The van der Waals surface area contributed by atoms with E-state index in [0.717, 1.165) is 5.56 Å². The molecule has 0 saturated carbocycles. The third kappa shape index (κ3) is 4.97. The number of carbonyl (C=O) groups excluding carboxylic acids is 2. The summed E-state index contributed by atoms with van der Waals surface area (Å²) in [7, 11) is 0. The highest BCUT2D eigenvalue weighted by molar-refractivity contribution is 6.51. The fourth-order valence-corrected chi connectivity index (χ4v) is 4.10. The Morgan fingerprint density at radius 3 is 2.26 bits per heavy atom. The van der Waals surface area contributed by atoms with Crippen LogP contribution in [0.15, 0.2) is 78.6 Å². The van der Waals surface area contributed by atoms with Crippen LogP contribution in [-0.4, -0.2) is 28.4 Å². The molecule has 1 aliphatic rings. The monoisotopic (exact) mass is 470 g/mol. The van der Waals surface area contributed by atoms with E-state index in [0.29, 0.717) is 41.0 Å². The Hall–Kier alpha value is -3.93. The molecular formula is C29H30N2O4. The maximum Gasteiger partial charge on any atom is 0.300 e. The number of nitrogens with zero attached hydrogens (tertiary/aromatic N) is 2. The molecule has 4 rings (SSSR count). The molecular weight excluding hydrogens is 440 g/mol. The SMILES string of the molecule is CC(C)COc1ccc(/C(O)=C2\C(=O)C(=O)N(c3ccc(C(C)C)cc3)C2c2cccnc2)cc1. The Labute approximate surface area is 205 Å². The van der Waals surface area contributed by atoms with Crippen molar-refractivity contribution in [2.24, 2.45) is 5.92 Å². The van der Waals surface area contributed by atoms with Gasteiger partial charge in [-0.05, 0) is 65.4 Å². The van der Waals surface area contributed by atoms with E-state index in [1.54, 1.807) is 48.8 Å². The van der Waals surface area contributed by atoms with Crippen LogP contribution in [0.4, 0.5) is 5.69 Å². The molecule has 1 saturated heterocycles. The number of aromatic nitrogens is 1. The summed E-state index contributed by atoms with van der Waals surface area (Å²) in [6.07, 6.45) is 3.24. The van der Waals surface area contributed by atoms with Gasteiger partial charge in [-0.25, -0.2) is 0 Å². The molecule has 2 heterocycles. The molecule has 1 amide bonds. The van der Waals surface area contributed by atoms with Crippen LogP contribution in [0.1, 0.15) is 56.3 Å². The number of hydrogen-bond acceptors (Lipinski definition) is 5. The number of rotatable bonds is 7. The normalized spacial score (nSPS) is 17.4. The van der Waals surface area contributed by atoms with Gasteiger partial charge in [0, 0.05) is 23.6 Å². The van der Waals surface area contributed by atoms with E-state index >= 15 is 0 Å². The Bertz CT molecular complexity index is 1230. The molecule has 0 spiro atoms. The third-order valence-electron chi connectivity index (χ3n) is 5.99. The summed E-state index contributed by atoms with van der Waals surface area (Å²) >= 11 is 0. The first-order chi connectivity index (χ1) is 16.8. The molecule has 35 heavy (non-hydrogen) atoms. The standard InChI is InChI=1S/C29H30N2O4/c1-18(2)17-35-24-13-9-21(10-14-24)27(32)25-26(22-6-5-15-30-16-22)31(29(34)28(25)33)23-11-7-20(8-12-23)19(3)4/h5-16,18-19,26,32H,17H2,1-4H3/b27-25+. The van der Waals surface area contributed by atoms with Crippen LogP contribution < -0.4 is 9.64 Å². The Kier molecular flexibility index (Phi) is 7.01. The van der Waals surface area contributed by atoms with Crippen LogP contribution >= 0.6 is 0 Å². The largest absolute Gasteiger partial charge is 0.507 e. The molecule has 0 bridgehead atoms. The molecule has 0 aliphatic carbocycles. The number of hydrogen-bond donors (Lipinski definition) is 1. The number of carbonyl (C=O) groups is 2. The second kappa shape index (κ2) is 10.1. The highest BCUT2D eigenvalue weighted by Gasteiger charge is 2.47. The van der Waals surface area contributed by atoms with Gasteiger partial charge in [0.05, 0.1) is 18.2 Å². The van der Waals surface area contributed by atoms with Crippen LogP contribution in [0, 0.1) is 5.92 Å². The van der Waals surface area contributed by atoms with Gasteiger partial charge >= 0.3 is 0 Å². The van der Waals surface area contributed by atoms with Crippen molar-refractivity contribution in [3.63, 3.8) is 0 Å². The number of pyridine rings is 1. The first-order valence-corrected chi connectivity index (χ1v) is 11.8. The van der Waals surface area contributed by atoms with Crippen molar-refractivity contribution in [1.82, 2.24) is 4.98 Å². The lowest BCUT2D eigenvalue weighted by Gasteiger charge is -2.25. The smallest absolute Gasteiger partial charge is 0.300 e. The number of anilines is 1. The number of amides is 1. The van der Waals surface area contributed by atoms with Crippen molar-refractivity contribution in [2.45, 2.75) is 39.7 Å². The highest BCUT2D eigenvalue weighted by atomic mass is 16.5. The summed E-state index contributed by atoms with van der Waals surface area (Å²) in [5, 5.41) is 11.2. The minimum absolute atomic E-state index is 0.0341. The molecule has 6 heteroatoms. The molecule has 1 N–H and O–H groups in total. The van der Waals surface area contributed by atoms with Crippen molar-refractivity contribution < 1.29 is 19.4 Å². The van der Waals surface area contributed by atoms with Gasteiger partial charge < -0.3 is 9.84 Å². The zero-order chi connectivity index (χ0) is 25.1. The average molecular weight is 471 g/mol. The zero-order valence-corrected chi connectivity index (χ0v) is 20.4. The second-order valence-electron chi connectivity index (χ2n) is 9.43. The number of aliphatic hydroxyl groups excluding tert-OH is 1. The van der Waals surface area contributed by atoms with Gasteiger partial charge in [-0.1, -0.05) is 45.9 Å². The first kappa shape index (κ1) is 24.2. The predicted molar refractivity (Wildman–Crippen MR) is 136 cm³/mol. The molecule has 3 aromatic rings. The van der Waals surface area contributed by atoms with Crippen LogP contribution in [0.25, 0.3) is 5.76 Å². The number of benzene rings is 2. The van der Waals surface area contributed by atoms with Gasteiger partial charge in [0.1, 0.15) is 11.5 Å². The molecule has 0 radical (unpaired) electrons. The number of Topliss-reactive ketones (excluding diaryl/α,β-unsaturated/α-hetero) is 1. The maximum atomic E-state index is 13.3. The van der Waals surface area contributed by atoms with Gasteiger partial charge in [-0.2, -0.15) is 0 Å². The van der Waals surface area contributed by atoms with E-state index in [1.165, 1.54) is 4.90 Å². The minimum Gasteiger partial charge on any atom is -0.507 e. The number of ketones is 1. The Balaban J connectivity index is 1.78. The van der Waals surface area contributed by atoms with Crippen LogP contribution in [0.2, 0.25) is 0 Å². The van der Waals surface area contributed by atoms with Gasteiger partial charge in [-0.3, -0.25) is 19.5 Å². The van der Waals surface area contributed by atoms with Crippen molar-refractivity contribution in [3.8, 4) is 5.75 Å². The van der Waals surface area contributed by atoms with E-state index in [9.17, 15) is 14.7 Å². The summed E-state index contributed by atoms with van der Waals surface area (Å²) in [4.78, 5) is 32.1. The molecule has 180 valence electrons. The van der Waals surface area contributed by atoms with E-state index in [2.05, 4.69) is 32.7 Å². The molecule has 1 fully saturated rings. The van der Waals surface area contributed by atoms with Crippen molar-refractivity contribution >= 4 is 23.1 Å². The Morgan fingerprint density at radius 2 is 1.69 bits per heavy atom. The molecule has 1 aromatic heterocycles. The lowest BCUT2D eigenvalue weighted by Crippen LogP contribution is -2.29. The van der Waals surface area contributed by atoms with E-state index < -0.39 is 17.7 Å². The Morgan fingerprint density at radius 1 is 1.00 bits per heavy atom. The first-order valence-electron chi connectivity index (χ1n) is 11.8. The van der Waals surface area contributed by atoms with Crippen LogP contribution in [0.5, 0.6) is 5.75 Å². The predicted octanol–water partition coefficient (Wildman–Crippen LogP) is 5.87. The average Bonchev–Trinajstić information content (AvgIpc) is 3.13. The second-order valence-corrected chi connectivity index (χ2v) is 9.43. The topological polar surface area (TPSA) is 79.7 Å². The van der Waals surface area contributed by atoms with E-state index in [1.807, 2.05) is 24.3 Å². The number of ether oxygens (including phenoxy) is 1. The van der Waals surface area contributed by atoms with E-state index in [4.69, 9.17) is 4.74 Å². The summed E-state index contributed by atoms with van der Waals surface area (Å²) in [6.45, 7) is 8.89. The third-order valence-corrected chi connectivity index (χ3v) is 5.99. The molecule has 1 aliphatic heterocycles. The van der Waals surface area contributed by atoms with Crippen molar-refractivity contribution in [3.05, 3.63) is 95.3 Å². The minimum atomic E-state index is -0.800. The summed E-state index contributed by atoms with van der Waals surface area (Å²) in [5.74, 6) is -0.258. The molecule has 6 nitrogen and oxygen atoms in total. The number of aliphatic hydroxyl groups is 1. The van der Waals surface area contributed by atoms with Crippen molar-refractivity contribution in [1.29, 1.82) is 0 Å². The van der Waals surface area contributed by atoms with E-state index in [-0.39, 0.29) is 11.3 Å².